The number of morpholine rings is 1. The minimum atomic E-state index is -0.121. The molecule has 0 spiro atoms. The van der Waals surface area contributed by atoms with Gasteiger partial charge in [0.2, 0.25) is 0 Å². The van der Waals surface area contributed by atoms with Gasteiger partial charge in [-0.15, -0.1) is 0 Å². The van der Waals surface area contributed by atoms with E-state index in [0.717, 1.165) is 0 Å². The number of hydrogen-bond acceptors (Lipinski definition) is 3. The average Bonchev–Trinajstić information content (AvgIpc) is 2.30. The highest BCUT2D eigenvalue weighted by Gasteiger charge is 2.21. The Morgan fingerprint density at radius 2 is 2.20 bits per heavy atom. The van der Waals surface area contributed by atoms with Crippen LogP contribution >= 0.6 is 11.6 Å². The highest BCUT2D eigenvalue weighted by molar-refractivity contribution is 6.33. The van der Waals surface area contributed by atoms with Crippen LogP contribution in [-0.4, -0.2) is 42.1 Å². The lowest BCUT2D eigenvalue weighted by atomic mass is 10.3. The van der Waals surface area contributed by atoms with Gasteiger partial charge in [0.1, 0.15) is 5.69 Å². The largest absolute Gasteiger partial charge is 0.378 e. The van der Waals surface area contributed by atoms with Crippen molar-refractivity contribution < 1.29 is 9.53 Å². The van der Waals surface area contributed by atoms with Gasteiger partial charge in [-0.05, 0) is 12.1 Å². The van der Waals surface area contributed by atoms with Gasteiger partial charge in [0.05, 0.1) is 18.2 Å². The predicted molar refractivity (Wildman–Crippen MR) is 56.0 cm³/mol. The van der Waals surface area contributed by atoms with E-state index in [2.05, 4.69) is 4.98 Å². The van der Waals surface area contributed by atoms with Crippen molar-refractivity contribution >= 4 is 17.5 Å². The molecule has 2 heterocycles. The predicted octanol–water partition coefficient (Wildman–Crippen LogP) is 1.21. The third-order valence-electron chi connectivity index (χ3n) is 2.26. The van der Waals surface area contributed by atoms with Crippen molar-refractivity contribution in [3.05, 3.63) is 29.0 Å². The molecule has 2 rings (SSSR count). The maximum Gasteiger partial charge on any atom is 0.274 e. The number of rotatable bonds is 1. The summed E-state index contributed by atoms with van der Waals surface area (Å²) in [6, 6.07) is 3.38. The molecule has 0 radical (unpaired) electrons. The molecule has 1 fully saturated rings. The maximum absolute atomic E-state index is 11.9. The van der Waals surface area contributed by atoms with Gasteiger partial charge < -0.3 is 9.64 Å². The van der Waals surface area contributed by atoms with Crippen LogP contribution in [0.5, 0.6) is 0 Å². The fraction of sp³-hybridized carbons (Fsp3) is 0.400. The molecule has 1 aromatic heterocycles. The van der Waals surface area contributed by atoms with Crippen LogP contribution in [0.15, 0.2) is 18.3 Å². The van der Waals surface area contributed by atoms with Crippen LogP contribution in [0, 0.1) is 0 Å². The summed E-state index contributed by atoms with van der Waals surface area (Å²) in [4.78, 5) is 17.6. The summed E-state index contributed by atoms with van der Waals surface area (Å²) >= 11 is 5.90. The first kappa shape index (κ1) is 10.4. The van der Waals surface area contributed by atoms with Crippen molar-refractivity contribution in [3.63, 3.8) is 0 Å². The summed E-state index contributed by atoms with van der Waals surface area (Å²) in [6.07, 6.45) is 1.57. The summed E-state index contributed by atoms with van der Waals surface area (Å²) in [6.45, 7) is 2.36. The molecule has 0 aliphatic carbocycles. The minimum Gasteiger partial charge on any atom is -0.378 e. The third kappa shape index (κ3) is 2.27. The summed E-state index contributed by atoms with van der Waals surface area (Å²) < 4.78 is 5.17. The van der Waals surface area contributed by atoms with E-state index >= 15 is 0 Å². The van der Waals surface area contributed by atoms with E-state index in [1.165, 1.54) is 0 Å². The van der Waals surface area contributed by atoms with Crippen molar-refractivity contribution in [3.8, 4) is 0 Å². The smallest absolute Gasteiger partial charge is 0.274 e. The van der Waals surface area contributed by atoms with Crippen molar-refractivity contribution in [2.45, 2.75) is 0 Å². The van der Waals surface area contributed by atoms with Crippen LogP contribution in [0.3, 0.4) is 0 Å². The molecule has 1 aromatic rings. The molecule has 0 N–H and O–H groups in total. The number of hydrogen-bond donors (Lipinski definition) is 0. The number of amides is 1. The van der Waals surface area contributed by atoms with E-state index in [-0.39, 0.29) is 5.91 Å². The second-order valence-electron chi connectivity index (χ2n) is 3.24. The molecular formula is C10H11ClN2O2. The Morgan fingerprint density at radius 3 is 2.87 bits per heavy atom. The van der Waals surface area contributed by atoms with Crippen LogP contribution in [0.4, 0.5) is 0 Å². The van der Waals surface area contributed by atoms with Gasteiger partial charge in [0.25, 0.3) is 5.91 Å². The van der Waals surface area contributed by atoms with Crippen molar-refractivity contribution in [2.75, 3.05) is 26.3 Å². The molecule has 1 aliphatic heterocycles. The monoisotopic (exact) mass is 226 g/mol. The van der Waals surface area contributed by atoms with Crippen LogP contribution in [0.2, 0.25) is 5.02 Å². The molecule has 0 atom stereocenters. The number of carbonyl (C=O) groups excluding carboxylic acids is 1. The third-order valence-corrected chi connectivity index (χ3v) is 2.56. The van der Waals surface area contributed by atoms with E-state index in [1.54, 1.807) is 23.2 Å². The second kappa shape index (κ2) is 4.59. The zero-order valence-electron chi connectivity index (χ0n) is 8.15. The van der Waals surface area contributed by atoms with Gasteiger partial charge >= 0.3 is 0 Å². The fourth-order valence-corrected chi connectivity index (χ4v) is 1.66. The number of aromatic nitrogens is 1. The van der Waals surface area contributed by atoms with E-state index in [9.17, 15) is 4.79 Å². The first-order chi connectivity index (χ1) is 7.29. The van der Waals surface area contributed by atoms with Gasteiger partial charge in [-0.3, -0.25) is 4.79 Å². The van der Waals surface area contributed by atoms with Crippen molar-refractivity contribution in [2.24, 2.45) is 0 Å². The molecule has 0 unspecified atom stereocenters. The highest BCUT2D eigenvalue weighted by Crippen LogP contribution is 2.15. The number of carbonyl (C=O) groups is 1. The van der Waals surface area contributed by atoms with Gasteiger partial charge in [0.15, 0.2) is 0 Å². The number of pyridine rings is 1. The van der Waals surface area contributed by atoms with E-state index in [1.807, 2.05) is 0 Å². The van der Waals surface area contributed by atoms with Crippen molar-refractivity contribution in [1.29, 1.82) is 0 Å². The number of halogens is 1. The van der Waals surface area contributed by atoms with Crippen LogP contribution < -0.4 is 0 Å². The van der Waals surface area contributed by atoms with Crippen LogP contribution in [0.1, 0.15) is 10.5 Å². The standard InChI is InChI=1S/C10H11ClN2O2/c11-8-2-1-3-12-9(8)10(14)13-4-6-15-7-5-13/h1-3H,4-7H2. The van der Waals surface area contributed by atoms with E-state index in [4.69, 9.17) is 16.3 Å². The molecular weight excluding hydrogens is 216 g/mol. The Labute approximate surface area is 92.8 Å². The lowest BCUT2D eigenvalue weighted by molar-refractivity contribution is 0.0299. The summed E-state index contributed by atoms with van der Waals surface area (Å²) in [7, 11) is 0. The minimum absolute atomic E-state index is 0.121. The maximum atomic E-state index is 11.9. The highest BCUT2D eigenvalue weighted by atomic mass is 35.5. The SMILES string of the molecule is O=C(c1ncccc1Cl)N1CCOCC1. The van der Waals surface area contributed by atoms with Gasteiger partial charge in [-0.1, -0.05) is 11.6 Å². The molecule has 80 valence electrons. The molecule has 0 aromatic carbocycles. The van der Waals surface area contributed by atoms with Crippen LogP contribution in [-0.2, 0) is 4.74 Å². The zero-order valence-corrected chi connectivity index (χ0v) is 8.91. The summed E-state index contributed by atoms with van der Waals surface area (Å²) in [5.74, 6) is -0.121. The topological polar surface area (TPSA) is 42.4 Å². The Bertz CT molecular complexity index is 364. The normalized spacial score (nSPS) is 16.5. The van der Waals surface area contributed by atoms with Gasteiger partial charge in [0, 0.05) is 19.3 Å². The Morgan fingerprint density at radius 1 is 1.47 bits per heavy atom. The number of nitrogens with zero attached hydrogens (tertiary/aromatic N) is 2. The Hall–Kier alpha value is -1.13. The average molecular weight is 227 g/mol. The molecule has 15 heavy (non-hydrogen) atoms. The molecule has 1 aliphatic rings. The molecule has 0 saturated carbocycles. The Kier molecular flexibility index (Phi) is 3.18. The summed E-state index contributed by atoms with van der Waals surface area (Å²) in [5, 5.41) is 0.397. The quantitative estimate of drug-likeness (QED) is 0.723. The first-order valence-electron chi connectivity index (χ1n) is 4.76. The Balaban J connectivity index is 2.16. The fourth-order valence-electron chi connectivity index (χ4n) is 1.46. The lowest BCUT2D eigenvalue weighted by Gasteiger charge is -2.26. The molecule has 5 heteroatoms. The lowest BCUT2D eigenvalue weighted by Crippen LogP contribution is -2.41. The number of ether oxygens (including phenoxy) is 1. The van der Waals surface area contributed by atoms with Crippen LogP contribution in [0.25, 0.3) is 0 Å². The van der Waals surface area contributed by atoms with E-state index in [0.29, 0.717) is 37.0 Å². The van der Waals surface area contributed by atoms with Gasteiger partial charge in [-0.25, -0.2) is 4.98 Å². The van der Waals surface area contributed by atoms with Crippen molar-refractivity contribution in [1.82, 2.24) is 9.88 Å². The molecule has 4 nitrogen and oxygen atoms in total. The van der Waals surface area contributed by atoms with E-state index < -0.39 is 0 Å². The summed E-state index contributed by atoms with van der Waals surface area (Å²) in [5.41, 5.74) is 0.320. The molecule has 1 amide bonds. The zero-order chi connectivity index (χ0) is 10.7. The molecule has 1 saturated heterocycles. The molecule has 0 bridgehead atoms. The van der Waals surface area contributed by atoms with Gasteiger partial charge in [-0.2, -0.15) is 0 Å². The second-order valence-corrected chi connectivity index (χ2v) is 3.65. The first-order valence-corrected chi connectivity index (χ1v) is 5.14.